The van der Waals surface area contributed by atoms with E-state index in [2.05, 4.69) is 38.2 Å². The first-order chi connectivity index (χ1) is 10.7. The van der Waals surface area contributed by atoms with Crippen LogP contribution in [0.5, 0.6) is 5.75 Å². The molecule has 0 N–H and O–H groups in total. The maximum atomic E-state index is 5.31. The van der Waals surface area contributed by atoms with Gasteiger partial charge in [-0.2, -0.15) is 4.98 Å². The number of hydrogen-bond acceptors (Lipinski definition) is 5. The zero-order chi connectivity index (χ0) is 15.4. The summed E-state index contributed by atoms with van der Waals surface area (Å²) in [5.41, 5.74) is 0.883. The fourth-order valence-corrected chi connectivity index (χ4v) is 2.85. The minimum Gasteiger partial charge on any atom is -0.497 e. The van der Waals surface area contributed by atoms with Crippen molar-refractivity contribution in [1.82, 2.24) is 10.1 Å². The Morgan fingerprint density at radius 1 is 1.09 bits per heavy atom. The van der Waals surface area contributed by atoms with Crippen molar-refractivity contribution in [3.63, 3.8) is 0 Å². The van der Waals surface area contributed by atoms with Gasteiger partial charge in [-0.3, -0.25) is 0 Å². The molecule has 22 heavy (non-hydrogen) atoms. The summed E-state index contributed by atoms with van der Waals surface area (Å²) in [5, 5.41) is 4.02. The Morgan fingerprint density at radius 2 is 1.82 bits per heavy atom. The van der Waals surface area contributed by atoms with E-state index in [0.717, 1.165) is 15.8 Å². The number of ether oxygens (including phenoxy) is 1. The zero-order valence-corrected chi connectivity index (χ0v) is 14.2. The standard InChI is InChI=1S/C16H13BrN2O2S/c1-20-13-6-2-11(3-7-13)16-18-15(19-21-16)10-22-14-8-4-12(17)5-9-14/h2-9H,10H2,1H3. The van der Waals surface area contributed by atoms with Crippen molar-refractivity contribution in [2.24, 2.45) is 0 Å². The Hall–Kier alpha value is -1.79. The van der Waals surface area contributed by atoms with Crippen LogP contribution in [0, 0.1) is 0 Å². The molecule has 3 aromatic rings. The largest absolute Gasteiger partial charge is 0.497 e. The monoisotopic (exact) mass is 376 g/mol. The number of thioether (sulfide) groups is 1. The van der Waals surface area contributed by atoms with E-state index in [1.54, 1.807) is 18.9 Å². The Bertz CT molecular complexity index is 742. The van der Waals surface area contributed by atoms with Crippen LogP contribution in [-0.4, -0.2) is 17.3 Å². The highest BCUT2D eigenvalue weighted by atomic mass is 79.9. The van der Waals surface area contributed by atoms with Gasteiger partial charge in [0.1, 0.15) is 5.75 Å². The highest BCUT2D eigenvalue weighted by Gasteiger charge is 2.09. The summed E-state index contributed by atoms with van der Waals surface area (Å²) in [6.07, 6.45) is 0. The fraction of sp³-hybridized carbons (Fsp3) is 0.125. The maximum Gasteiger partial charge on any atom is 0.257 e. The summed E-state index contributed by atoms with van der Waals surface area (Å²) >= 11 is 5.09. The van der Waals surface area contributed by atoms with Gasteiger partial charge in [0, 0.05) is 14.9 Å². The summed E-state index contributed by atoms with van der Waals surface area (Å²) in [6.45, 7) is 0. The average molecular weight is 377 g/mol. The molecule has 0 saturated heterocycles. The number of benzene rings is 2. The molecular weight excluding hydrogens is 364 g/mol. The Balaban J connectivity index is 1.66. The third kappa shape index (κ3) is 3.69. The molecule has 0 aliphatic carbocycles. The molecular formula is C16H13BrN2O2S. The lowest BCUT2D eigenvalue weighted by molar-refractivity contribution is 0.414. The van der Waals surface area contributed by atoms with Crippen molar-refractivity contribution in [1.29, 1.82) is 0 Å². The molecule has 0 aliphatic heterocycles. The summed E-state index contributed by atoms with van der Waals surface area (Å²) in [5.74, 6) is 2.67. The lowest BCUT2D eigenvalue weighted by Crippen LogP contribution is -1.85. The molecule has 0 amide bonds. The van der Waals surface area contributed by atoms with Gasteiger partial charge in [0.15, 0.2) is 5.82 Å². The molecule has 0 unspecified atom stereocenters. The second-order valence-corrected chi connectivity index (χ2v) is 6.45. The number of rotatable bonds is 5. The predicted molar refractivity (Wildman–Crippen MR) is 90.0 cm³/mol. The summed E-state index contributed by atoms with van der Waals surface area (Å²) in [6, 6.07) is 15.7. The first-order valence-electron chi connectivity index (χ1n) is 6.60. The lowest BCUT2D eigenvalue weighted by Gasteiger charge is -1.99. The van der Waals surface area contributed by atoms with Crippen molar-refractivity contribution in [2.45, 2.75) is 10.6 Å². The Kier molecular flexibility index (Phi) is 4.80. The van der Waals surface area contributed by atoms with Crippen molar-refractivity contribution in [2.75, 3.05) is 7.11 Å². The second-order valence-electron chi connectivity index (χ2n) is 4.49. The molecule has 2 aromatic carbocycles. The molecule has 0 fully saturated rings. The molecule has 0 atom stereocenters. The lowest BCUT2D eigenvalue weighted by atomic mass is 10.2. The van der Waals surface area contributed by atoms with Crippen molar-refractivity contribution in [3.05, 3.63) is 58.8 Å². The summed E-state index contributed by atoms with van der Waals surface area (Å²) < 4.78 is 11.5. The van der Waals surface area contributed by atoms with Gasteiger partial charge in [0.2, 0.25) is 0 Å². The van der Waals surface area contributed by atoms with E-state index in [-0.39, 0.29) is 0 Å². The third-order valence-electron chi connectivity index (χ3n) is 2.99. The number of nitrogens with zero attached hydrogens (tertiary/aromatic N) is 2. The fourth-order valence-electron chi connectivity index (χ4n) is 1.84. The minimum atomic E-state index is 0.522. The van der Waals surface area contributed by atoms with E-state index in [1.807, 2.05) is 36.4 Å². The maximum absolute atomic E-state index is 5.31. The average Bonchev–Trinajstić information content (AvgIpc) is 3.03. The minimum absolute atomic E-state index is 0.522. The second kappa shape index (κ2) is 6.98. The molecule has 4 nitrogen and oxygen atoms in total. The van der Waals surface area contributed by atoms with Gasteiger partial charge in [-0.1, -0.05) is 21.1 Å². The predicted octanol–water partition coefficient (Wildman–Crippen LogP) is 4.80. The summed E-state index contributed by atoms with van der Waals surface area (Å²) in [7, 11) is 1.64. The molecule has 0 saturated carbocycles. The van der Waals surface area contributed by atoms with Gasteiger partial charge in [0.05, 0.1) is 12.9 Å². The summed E-state index contributed by atoms with van der Waals surface area (Å²) in [4.78, 5) is 5.59. The van der Waals surface area contributed by atoms with Crippen molar-refractivity contribution < 1.29 is 9.26 Å². The van der Waals surface area contributed by atoms with Crippen LogP contribution in [0.25, 0.3) is 11.5 Å². The van der Waals surface area contributed by atoms with Gasteiger partial charge in [0.25, 0.3) is 5.89 Å². The molecule has 6 heteroatoms. The van der Waals surface area contributed by atoms with E-state index in [4.69, 9.17) is 9.26 Å². The van der Waals surface area contributed by atoms with E-state index in [0.29, 0.717) is 17.5 Å². The zero-order valence-electron chi connectivity index (χ0n) is 11.8. The molecule has 112 valence electrons. The van der Waals surface area contributed by atoms with Gasteiger partial charge in [-0.25, -0.2) is 0 Å². The van der Waals surface area contributed by atoms with Crippen molar-refractivity contribution in [3.8, 4) is 17.2 Å². The van der Waals surface area contributed by atoms with E-state index >= 15 is 0 Å². The van der Waals surface area contributed by atoms with Crippen molar-refractivity contribution >= 4 is 27.7 Å². The highest BCUT2D eigenvalue weighted by Crippen LogP contribution is 2.25. The molecule has 3 rings (SSSR count). The highest BCUT2D eigenvalue weighted by molar-refractivity contribution is 9.10. The molecule has 0 bridgehead atoms. The van der Waals surface area contributed by atoms with Crippen LogP contribution in [0.3, 0.4) is 0 Å². The third-order valence-corrected chi connectivity index (χ3v) is 4.52. The molecule has 0 spiro atoms. The molecule has 0 aliphatic rings. The van der Waals surface area contributed by atoms with Crippen LogP contribution in [0.1, 0.15) is 5.82 Å². The topological polar surface area (TPSA) is 48.2 Å². The van der Waals surface area contributed by atoms with Crippen LogP contribution in [-0.2, 0) is 5.75 Å². The molecule has 0 radical (unpaired) electrons. The number of halogens is 1. The number of hydrogen-bond donors (Lipinski definition) is 0. The van der Waals surface area contributed by atoms with Crippen LogP contribution >= 0.6 is 27.7 Å². The van der Waals surface area contributed by atoms with Gasteiger partial charge in [-0.05, 0) is 48.5 Å². The smallest absolute Gasteiger partial charge is 0.257 e. The quantitative estimate of drug-likeness (QED) is 0.598. The van der Waals surface area contributed by atoms with Crippen LogP contribution in [0.15, 0.2) is 62.4 Å². The Labute approximate surface area is 141 Å². The van der Waals surface area contributed by atoms with E-state index in [9.17, 15) is 0 Å². The first kappa shape index (κ1) is 15.1. The van der Waals surface area contributed by atoms with Crippen LogP contribution < -0.4 is 4.74 Å². The Morgan fingerprint density at radius 3 is 2.50 bits per heavy atom. The number of methoxy groups -OCH3 is 1. The van der Waals surface area contributed by atoms with Gasteiger partial charge in [-0.15, -0.1) is 11.8 Å². The van der Waals surface area contributed by atoms with Gasteiger partial charge >= 0.3 is 0 Å². The molecule has 1 heterocycles. The van der Waals surface area contributed by atoms with Crippen LogP contribution in [0.2, 0.25) is 0 Å². The normalized spacial score (nSPS) is 10.6. The SMILES string of the molecule is COc1ccc(-c2nc(CSc3ccc(Br)cc3)no2)cc1. The molecule has 1 aromatic heterocycles. The van der Waals surface area contributed by atoms with Crippen LogP contribution in [0.4, 0.5) is 0 Å². The van der Waals surface area contributed by atoms with E-state index in [1.165, 1.54) is 4.90 Å². The van der Waals surface area contributed by atoms with Gasteiger partial charge < -0.3 is 9.26 Å². The first-order valence-corrected chi connectivity index (χ1v) is 8.38. The number of aromatic nitrogens is 2. The van der Waals surface area contributed by atoms with E-state index < -0.39 is 0 Å².